The van der Waals surface area contributed by atoms with Crippen molar-refractivity contribution in [3.05, 3.63) is 59.8 Å². The van der Waals surface area contributed by atoms with E-state index >= 15 is 0 Å². The normalized spacial score (nSPS) is 13.4. The molecule has 0 bridgehead atoms. The summed E-state index contributed by atoms with van der Waals surface area (Å²) in [7, 11) is 0. The minimum Gasteiger partial charge on any atom is -0.256 e. The van der Waals surface area contributed by atoms with Gasteiger partial charge in [0.1, 0.15) is 0 Å². The number of hydrogen-bond acceptors (Lipinski definition) is 1. The molecule has 1 aliphatic carbocycles. The molecule has 1 aromatic heterocycles. The van der Waals surface area contributed by atoms with Gasteiger partial charge in [0.25, 0.3) is 0 Å². The third-order valence-corrected chi connectivity index (χ3v) is 3.51. The maximum atomic E-state index is 4.47. The molecule has 0 amide bonds. The first-order valence-corrected chi connectivity index (χ1v) is 5.89. The standard InChI is InChI=1S/C16H11N/c1-4-11-5-2-7-14-13-8-3-9-17-15(13)10-12(6-1)16(11)14/h1-6,8-10H,7H2. The van der Waals surface area contributed by atoms with Crippen molar-refractivity contribution in [2.75, 3.05) is 0 Å². The highest BCUT2D eigenvalue weighted by molar-refractivity contribution is 6.05. The van der Waals surface area contributed by atoms with Gasteiger partial charge in [0.05, 0.1) is 5.52 Å². The Kier molecular flexibility index (Phi) is 1.67. The predicted octanol–water partition coefficient (Wildman–Crippen LogP) is 3.96. The summed E-state index contributed by atoms with van der Waals surface area (Å²) in [5, 5.41) is 3.99. The van der Waals surface area contributed by atoms with Crippen molar-refractivity contribution in [3.63, 3.8) is 0 Å². The van der Waals surface area contributed by atoms with Gasteiger partial charge < -0.3 is 0 Å². The van der Waals surface area contributed by atoms with Crippen molar-refractivity contribution in [2.45, 2.75) is 6.42 Å². The van der Waals surface area contributed by atoms with Crippen molar-refractivity contribution in [1.82, 2.24) is 4.98 Å². The number of nitrogens with zero attached hydrogens (tertiary/aromatic N) is 1. The first-order valence-electron chi connectivity index (χ1n) is 5.89. The van der Waals surface area contributed by atoms with E-state index in [9.17, 15) is 0 Å². The summed E-state index contributed by atoms with van der Waals surface area (Å²) in [6, 6.07) is 12.9. The number of rotatable bonds is 0. The number of fused-ring (bicyclic) bond motifs is 2. The average molecular weight is 217 g/mol. The maximum absolute atomic E-state index is 4.47. The minimum absolute atomic E-state index is 1.01. The Morgan fingerprint density at radius 2 is 2.06 bits per heavy atom. The van der Waals surface area contributed by atoms with Gasteiger partial charge >= 0.3 is 0 Å². The molecule has 0 radical (unpaired) electrons. The number of pyridine rings is 1. The van der Waals surface area contributed by atoms with E-state index in [1.54, 1.807) is 0 Å². The van der Waals surface area contributed by atoms with E-state index in [0.29, 0.717) is 0 Å². The van der Waals surface area contributed by atoms with Gasteiger partial charge in [0.15, 0.2) is 0 Å². The fourth-order valence-electron chi connectivity index (χ4n) is 2.78. The Bertz CT molecular complexity index is 769. The molecule has 0 atom stereocenters. The molecule has 4 rings (SSSR count). The van der Waals surface area contributed by atoms with Crippen molar-refractivity contribution < 1.29 is 0 Å². The highest BCUT2D eigenvalue weighted by Gasteiger charge is 2.12. The van der Waals surface area contributed by atoms with Crippen molar-refractivity contribution in [3.8, 4) is 0 Å². The van der Waals surface area contributed by atoms with Gasteiger partial charge in [-0.2, -0.15) is 0 Å². The van der Waals surface area contributed by atoms with Gasteiger partial charge in [-0.15, -0.1) is 0 Å². The number of hydrogen-bond donors (Lipinski definition) is 0. The zero-order valence-electron chi connectivity index (χ0n) is 9.35. The molecule has 1 heterocycles. The van der Waals surface area contributed by atoms with Crippen LogP contribution in [0.1, 0.15) is 11.1 Å². The van der Waals surface area contributed by atoms with Gasteiger partial charge in [-0.3, -0.25) is 4.98 Å². The van der Waals surface area contributed by atoms with Crippen molar-refractivity contribution in [1.29, 1.82) is 0 Å². The summed E-state index contributed by atoms with van der Waals surface area (Å²) in [5.41, 5.74) is 3.85. The van der Waals surface area contributed by atoms with Crippen LogP contribution in [0, 0.1) is 0 Å². The highest BCUT2D eigenvalue weighted by Crippen LogP contribution is 2.33. The number of aromatic nitrogens is 1. The van der Waals surface area contributed by atoms with Crippen LogP contribution in [-0.4, -0.2) is 4.98 Å². The molecule has 0 fully saturated rings. The molecule has 0 unspecified atom stereocenters. The van der Waals surface area contributed by atoms with Crippen LogP contribution >= 0.6 is 0 Å². The molecule has 1 heteroatoms. The lowest BCUT2D eigenvalue weighted by molar-refractivity contribution is 1.31. The van der Waals surface area contributed by atoms with Crippen LogP contribution in [0.2, 0.25) is 0 Å². The summed E-state index contributed by atoms with van der Waals surface area (Å²) < 4.78 is 0. The molecular formula is C16H11N. The van der Waals surface area contributed by atoms with Crippen LogP contribution in [0.3, 0.4) is 0 Å². The Labute approximate surface area is 99.4 Å². The van der Waals surface area contributed by atoms with E-state index in [1.165, 1.54) is 27.3 Å². The lowest BCUT2D eigenvalue weighted by atomic mass is 9.90. The summed E-state index contributed by atoms with van der Waals surface area (Å²) in [6.07, 6.45) is 7.33. The van der Waals surface area contributed by atoms with Crippen molar-refractivity contribution >= 4 is 27.8 Å². The Hall–Kier alpha value is -2.15. The van der Waals surface area contributed by atoms with Gasteiger partial charge in [-0.1, -0.05) is 36.4 Å². The monoisotopic (exact) mass is 217 g/mol. The molecule has 17 heavy (non-hydrogen) atoms. The summed E-state index contributed by atoms with van der Waals surface area (Å²) >= 11 is 0. The molecular weight excluding hydrogens is 206 g/mol. The second-order valence-corrected chi connectivity index (χ2v) is 4.48. The molecule has 2 aromatic carbocycles. The Balaban J connectivity index is 2.33. The molecule has 0 aliphatic heterocycles. The first kappa shape index (κ1) is 8.94. The van der Waals surface area contributed by atoms with Crippen LogP contribution in [0.4, 0.5) is 0 Å². The second-order valence-electron chi connectivity index (χ2n) is 4.48. The molecule has 0 saturated heterocycles. The zero-order chi connectivity index (χ0) is 11.2. The van der Waals surface area contributed by atoms with E-state index in [-0.39, 0.29) is 0 Å². The molecule has 1 nitrogen and oxygen atoms in total. The minimum atomic E-state index is 1.01. The van der Waals surface area contributed by atoms with Gasteiger partial charge in [-0.05, 0) is 40.5 Å². The van der Waals surface area contributed by atoms with Gasteiger partial charge in [-0.25, -0.2) is 0 Å². The number of allylic oxidation sites excluding steroid dienone is 1. The van der Waals surface area contributed by atoms with Crippen LogP contribution in [0.5, 0.6) is 0 Å². The third kappa shape index (κ3) is 1.17. The SMILES string of the molecule is C1=Cc2cccc3cc4ncccc4c(c23)C1. The van der Waals surface area contributed by atoms with E-state index < -0.39 is 0 Å². The van der Waals surface area contributed by atoms with Crippen molar-refractivity contribution in [2.24, 2.45) is 0 Å². The second kappa shape index (κ2) is 3.17. The molecule has 0 saturated carbocycles. The Morgan fingerprint density at radius 1 is 1.06 bits per heavy atom. The topological polar surface area (TPSA) is 12.9 Å². The van der Waals surface area contributed by atoms with Gasteiger partial charge in [0.2, 0.25) is 0 Å². The van der Waals surface area contributed by atoms with Crippen LogP contribution in [0.25, 0.3) is 27.8 Å². The third-order valence-electron chi connectivity index (χ3n) is 3.51. The van der Waals surface area contributed by atoms with Crippen LogP contribution in [0.15, 0.2) is 48.7 Å². The summed E-state index contributed by atoms with van der Waals surface area (Å²) in [4.78, 5) is 4.47. The molecule has 3 aromatic rings. The fourth-order valence-corrected chi connectivity index (χ4v) is 2.78. The molecule has 80 valence electrons. The lowest BCUT2D eigenvalue weighted by Crippen LogP contribution is -1.95. The Morgan fingerprint density at radius 3 is 3.06 bits per heavy atom. The quantitative estimate of drug-likeness (QED) is 0.519. The highest BCUT2D eigenvalue weighted by atomic mass is 14.6. The smallest absolute Gasteiger partial charge is 0.0711 e. The van der Waals surface area contributed by atoms with Crippen LogP contribution < -0.4 is 0 Å². The first-order chi connectivity index (χ1) is 8.43. The van der Waals surface area contributed by atoms with Gasteiger partial charge in [0, 0.05) is 11.6 Å². The van der Waals surface area contributed by atoms with E-state index in [4.69, 9.17) is 0 Å². The molecule has 0 N–H and O–H groups in total. The van der Waals surface area contributed by atoms with Crippen LogP contribution in [-0.2, 0) is 6.42 Å². The average Bonchev–Trinajstić information content (AvgIpc) is 2.39. The lowest BCUT2D eigenvalue weighted by Gasteiger charge is -2.15. The summed E-state index contributed by atoms with van der Waals surface area (Å²) in [5.74, 6) is 0. The molecule has 1 aliphatic rings. The number of benzene rings is 2. The van der Waals surface area contributed by atoms with E-state index in [2.05, 4.69) is 47.5 Å². The largest absolute Gasteiger partial charge is 0.256 e. The van der Waals surface area contributed by atoms with E-state index in [0.717, 1.165) is 11.9 Å². The van der Waals surface area contributed by atoms with E-state index in [1.807, 2.05) is 12.3 Å². The summed E-state index contributed by atoms with van der Waals surface area (Å²) in [6.45, 7) is 0. The fraction of sp³-hybridized carbons (Fsp3) is 0.0625. The zero-order valence-corrected chi connectivity index (χ0v) is 9.35. The maximum Gasteiger partial charge on any atom is 0.0711 e. The predicted molar refractivity (Wildman–Crippen MR) is 72.0 cm³/mol. The molecule has 0 spiro atoms.